The van der Waals surface area contributed by atoms with Gasteiger partial charge in [-0.05, 0) is 52.5 Å². The van der Waals surface area contributed by atoms with Crippen molar-refractivity contribution in [1.29, 1.82) is 0 Å². The van der Waals surface area contributed by atoms with Crippen molar-refractivity contribution in [2.45, 2.75) is 76.5 Å². The molecule has 1 aliphatic carbocycles. The van der Waals surface area contributed by atoms with E-state index in [1.807, 2.05) is 36.4 Å². The number of rotatable bonds is 9. The number of anilines is 1. The number of ether oxygens (including phenoxy) is 4. The number of nitrogens with one attached hydrogen (secondary N) is 1. The zero-order valence-electron chi connectivity index (χ0n) is 25.2. The van der Waals surface area contributed by atoms with Crippen LogP contribution in [-0.2, 0) is 18.8 Å². The third-order valence-corrected chi connectivity index (χ3v) is 15.2. The number of methoxy groups -OCH3 is 2. The summed E-state index contributed by atoms with van der Waals surface area (Å²) in [5.41, 5.74) is 4.70. The summed E-state index contributed by atoms with van der Waals surface area (Å²) in [6.45, 7) is 13.7. The van der Waals surface area contributed by atoms with Crippen LogP contribution >= 0.6 is 0 Å². The van der Waals surface area contributed by atoms with E-state index >= 15 is 0 Å². The van der Waals surface area contributed by atoms with Crippen LogP contribution in [0.4, 0.5) is 5.69 Å². The summed E-state index contributed by atoms with van der Waals surface area (Å²) in [5.74, 6) is 0.391. The summed E-state index contributed by atoms with van der Waals surface area (Å²) in [5, 5.41) is 3.59. The molecule has 0 amide bonds. The number of carbonyl (C=O) groups excluding carboxylic acids is 2. The molecule has 2 aliphatic heterocycles. The fraction of sp³-hybridized carbons (Fsp3) is 0.500. The van der Waals surface area contributed by atoms with Gasteiger partial charge in [0.25, 0.3) is 8.32 Å². The highest BCUT2D eigenvalue weighted by Gasteiger charge is 2.53. The van der Waals surface area contributed by atoms with E-state index in [9.17, 15) is 9.59 Å². The van der Waals surface area contributed by atoms with Crippen LogP contribution < -0.4 is 19.5 Å². The van der Waals surface area contributed by atoms with Gasteiger partial charge in [-0.3, -0.25) is 4.79 Å². The Morgan fingerprint density at radius 2 is 1.61 bits per heavy atom. The van der Waals surface area contributed by atoms with Crippen molar-refractivity contribution in [3.05, 3.63) is 53.3 Å². The van der Waals surface area contributed by atoms with E-state index in [0.717, 1.165) is 28.1 Å². The summed E-state index contributed by atoms with van der Waals surface area (Å²) in [6, 6.07) is 11.1. The molecule has 0 spiro atoms. The van der Waals surface area contributed by atoms with Crippen LogP contribution in [0.1, 0.15) is 65.0 Å². The van der Waals surface area contributed by atoms with Crippen LogP contribution in [0.2, 0.25) is 16.6 Å². The number of benzene rings is 2. The molecule has 8 nitrogen and oxygen atoms in total. The van der Waals surface area contributed by atoms with Gasteiger partial charge in [-0.25, -0.2) is 4.79 Å². The van der Waals surface area contributed by atoms with Crippen molar-refractivity contribution in [2.24, 2.45) is 5.92 Å². The maximum Gasteiger partial charge on any atom is 0.374 e. The number of carbonyl (C=O) groups is 2. The standard InChI is InChI=1S/C32H41NO7Si/c1-17(2)41(18(3)4,19(5)6)40-27-15-22(20-9-12-25-26(13-20)39-16-38-25)29(31(34)32(35)37-8)30-28(27)23-14-21(36-7)10-11-24(23)33-30/h9-14,17-19,22,29-30,33H,15-16H2,1-8H3/t22-,29-,30-/m1/s1. The minimum absolute atomic E-state index is 0.152. The molecule has 0 radical (unpaired) electrons. The smallest absolute Gasteiger partial charge is 0.374 e. The highest BCUT2D eigenvalue weighted by atomic mass is 28.4. The van der Waals surface area contributed by atoms with Crippen LogP contribution in [0.5, 0.6) is 17.2 Å². The summed E-state index contributed by atoms with van der Waals surface area (Å²) in [4.78, 5) is 26.6. The number of esters is 1. The van der Waals surface area contributed by atoms with Crippen LogP contribution in [0.25, 0.3) is 5.57 Å². The summed E-state index contributed by atoms with van der Waals surface area (Å²) in [6.07, 6.45) is 0.456. The van der Waals surface area contributed by atoms with Crippen molar-refractivity contribution in [2.75, 3.05) is 26.3 Å². The molecule has 220 valence electrons. The normalized spacial score (nSPS) is 21.1. The molecule has 0 unspecified atom stereocenters. The quantitative estimate of drug-likeness (QED) is 0.200. The predicted octanol–water partition coefficient (Wildman–Crippen LogP) is 6.67. The average molecular weight is 580 g/mol. The molecule has 3 atom stereocenters. The summed E-state index contributed by atoms with van der Waals surface area (Å²) >= 11 is 0. The zero-order chi connectivity index (χ0) is 29.6. The van der Waals surface area contributed by atoms with E-state index in [4.69, 9.17) is 23.4 Å². The SMILES string of the molecule is COC(=O)C(=O)[C@H]1[C@@H]2Nc3ccc(OC)cc3C2=C(O[Si](C(C)C)(C(C)C)C(C)C)C[C@@H]1c1ccc2c(c1)OCO2. The molecule has 1 N–H and O–H groups in total. The lowest BCUT2D eigenvalue weighted by Crippen LogP contribution is -2.49. The predicted molar refractivity (Wildman–Crippen MR) is 160 cm³/mol. The Kier molecular flexibility index (Phi) is 7.85. The lowest BCUT2D eigenvalue weighted by Gasteiger charge is -2.46. The van der Waals surface area contributed by atoms with Crippen LogP contribution in [0.3, 0.4) is 0 Å². The molecule has 0 saturated heterocycles. The maximum atomic E-state index is 13.8. The van der Waals surface area contributed by atoms with Gasteiger partial charge in [-0.2, -0.15) is 0 Å². The average Bonchev–Trinajstić information content (AvgIpc) is 3.57. The van der Waals surface area contributed by atoms with E-state index in [2.05, 4.69) is 46.9 Å². The van der Waals surface area contributed by atoms with Gasteiger partial charge in [0.15, 0.2) is 11.5 Å². The third-order valence-electron chi connectivity index (χ3n) is 9.16. The van der Waals surface area contributed by atoms with Crippen molar-refractivity contribution in [1.82, 2.24) is 0 Å². The van der Waals surface area contributed by atoms with E-state index < -0.39 is 32.0 Å². The van der Waals surface area contributed by atoms with Gasteiger partial charge in [0.2, 0.25) is 12.6 Å². The number of hydrogen-bond acceptors (Lipinski definition) is 8. The minimum Gasteiger partial charge on any atom is -0.545 e. The van der Waals surface area contributed by atoms with Gasteiger partial charge < -0.3 is 28.7 Å². The topological polar surface area (TPSA) is 92.3 Å². The highest BCUT2D eigenvalue weighted by Crippen LogP contribution is 2.55. The zero-order valence-corrected chi connectivity index (χ0v) is 26.2. The first-order chi connectivity index (χ1) is 19.5. The Balaban J connectivity index is 1.73. The molecule has 2 aromatic carbocycles. The molecule has 0 fully saturated rings. The first-order valence-electron chi connectivity index (χ1n) is 14.4. The minimum atomic E-state index is -2.38. The maximum absolute atomic E-state index is 13.8. The Bertz CT molecular complexity index is 1360. The molecule has 0 saturated carbocycles. The Morgan fingerprint density at radius 3 is 2.24 bits per heavy atom. The molecular formula is C32H41NO7Si. The van der Waals surface area contributed by atoms with E-state index in [-0.39, 0.29) is 12.7 Å². The number of fused-ring (bicyclic) bond motifs is 4. The van der Waals surface area contributed by atoms with Crippen LogP contribution in [0.15, 0.2) is 42.2 Å². The van der Waals surface area contributed by atoms with Crippen molar-refractivity contribution >= 4 is 31.3 Å². The Morgan fingerprint density at radius 1 is 0.927 bits per heavy atom. The van der Waals surface area contributed by atoms with Crippen LogP contribution in [0, 0.1) is 5.92 Å². The summed E-state index contributed by atoms with van der Waals surface area (Å²) < 4.78 is 29.2. The van der Waals surface area contributed by atoms with Gasteiger partial charge in [0.05, 0.1) is 31.9 Å². The fourth-order valence-electron chi connectivity index (χ4n) is 7.37. The van der Waals surface area contributed by atoms with Gasteiger partial charge in [-0.1, -0.05) is 47.6 Å². The van der Waals surface area contributed by atoms with Gasteiger partial charge in [0, 0.05) is 29.2 Å². The highest BCUT2D eigenvalue weighted by molar-refractivity contribution is 6.78. The van der Waals surface area contributed by atoms with Gasteiger partial charge >= 0.3 is 5.97 Å². The molecule has 0 bridgehead atoms. The van der Waals surface area contributed by atoms with Crippen molar-refractivity contribution < 1.29 is 33.0 Å². The summed E-state index contributed by atoms with van der Waals surface area (Å²) in [7, 11) is 0.509. The first-order valence-corrected chi connectivity index (χ1v) is 16.6. The van der Waals surface area contributed by atoms with E-state index in [0.29, 0.717) is 40.3 Å². The largest absolute Gasteiger partial charge is 0.545 e. The molecule has 41 heavy (non-hydrogen) atoms. The van der Waals surface area contributed by atoms with Crippen molar-refractivity contribution in [3.8, 4) is 17.2 Å². The molecule has 3 aliphatic rings. The molecule has 9 heteroatoms. The molecule has 5 rings (SSSR count). The third kappa shape index (κ3) is 4.77. The lowest BCUT2D eigenvalue weighted by molar-refractivity contribution is -0.154. The Labute approximate surface area is 243 Å². The first kappa shape index (κ1) is 29.0. The van der Waals surface area contributed by atoms with Crippen molar-refractivity contribution in [3.63, 3.8) is 0 Å². The van der Waals surface area contributed by atoms with Gasteiger partial charge in [0.1, 0.15) is 5.75 Å². The van der Waals surface area contributed by atoms with E-state index in [1.165, 1.54) is 7.11 Å². The van der Waals surface area contributed by atoms with Crippen LogP contribution in [-0.4, -0.2) is 47.1 Å². The number of hydrogen-bond donors (Lipinski definition) is 1. The lowest BCUT2D eigenvalue weighted by atomic mass is 9.70. The second-order valence-corrected chi connectivity index (χ2v) is 17.5. The monoisotopic (exact) mass is 579 g/mol. The molecular weight excluding hydrogens is 538 g/mol. The Hall–Kier alpha value is -3.46. The molecule has 2 heterocycles. The molecule has 0 aromatic heterocycles. The second kappa shape index (κ2) is 11.1. The second-order valence-electron chi connectivity index (χ2n) is 12.1. The van der Waals surface area contributed by atoms with E-state index in [1.54, 1.807) is 7.11 Å². The molecule has 2 aromatic rings. The fourth-order valence-corrected chi connectivity index (χ4v) is 12.7. The number of ketones is 1. The number of allylic oxidation sites excluding steroid dienone is 1. The van der Waals surface area contributed by atoms with Gasteiger partial charge in [-0.15, -0.1) is 0 Å². The number of Topliss-reactive ketones (excluding diaryl/α,β-unsaturated/α-hetero) is 1.